The van der Waals surface area contributed by atoms with E-state index in [1.54, 1.807) is 30.5 Å². The van der Waals surface area contributed by atoms with Gasteiger partial charge in [0, 0.05) is 25.3 Å². The molecule has 1 heterocycles. The van der Waals surface area contributed by atoms with E-state index in [1.807, 2.05) is 43.3 Å². The largest absolute Gasteiger partial charge is 0.378 e. The molecule has 0 saturated heterocycles. The number of tetrazole rings is 1. The summed E-state index contributed by atoms with van der Waals surface area (Å²) in [6.07, 6.45) is 3.09. The van der Waals surface area contributed by atoms with Crippen LogP contribution in [0.1, 0.15) is 15.9 Å². The minimum Gasteiger partial charge on any atom is -0.378 e. The summed E-state index contributed by atoms with van der Waals surface area (Å²) in [5.41, 5.74) is 5.78. The van der Waals surface area contributed by atoms with Gasteiger partial charge in [-0.3, -0.25) is 4.79 Å². The molecule has 0 saturated carbocycles. The Kier molecular flexibility index (Phi) is 4.79. The molecular formula is C17H17N7O. The summed E-state index contributed by atoms with van der Waals surface area (Å²) in [5.74, 6) is -0.288. The summed E-state index contributed by atoms with van der Waals surface area (Å²) in [4.78, 5) is 14.1. The SMILES string of the molecule is CN(C)c1ccc(/C=N\NC(=O)c2ccc(-n3cnnn3)cc2)cc1. The molecular weight excluding hydrogens is 318 g/mol. The molecule has 0 radical (unpaired) electrons. The molecule has 25 heavy (non-hydrogen) atoms. The molecule has 3 aromatic rings. The number of carbonyl (C=O) groups is 1. The van der Waals surface area contributed by atoms with Gasteiger partial charge in [-0.1, -0.05) is 12.1 Å². The summed E-state index contributed by atoms with van der Waals surface area (Å²) < 4.78 is 1.51. The van der Waals surface area contributed by atoms with Crippen molar-refractivity contribution in [3.05, 3.63) is 66.0 Å². The van der Waals surface area contributed by atoms with Crippen LogP contribution in [0, 0.1) is 0 Å². The smallest absolute Gasteiger partial charge is 0.271 e. The lowest BCUT2D eigenvalue weighted by Gasteiger charge is -2.11. The number of hydrazone groups is 1. The zero-order valence-corrected chi connectivity index (χ0v) is 13.9. The van der Waals surface area contributed by atoms with Crippen LogP contribution in [0.3, 0.4) is 0 Å². The fourth-order valence-corrected chi connectivity index (χ4v) is 2.13. The Hall–Kier alpha value is -3.55. The molecule has 0 unspecified atom stereocenters. The van der Waals surface area contributed by atoms with E-state index in [9.17, 15) is 4.79 Å². The fraction of sp³-hybridized carbons (Fsp3) is 0.118. The molecule has 0 spiro atoms. The third kappa shape index (κ3) is 4.05. The number of benzene rings is 2. The Balaban J connectivity index is 1.60. The second-order valence-electron chi connectivity index (χ2n) is 5.49. The molecule has 8 heteroatoms. The van der Waals surface area contributed by atoms with Crippen LogP contribution < -0.4 is 10.3 Å². The van der Waals surface area contributed by atoms with Gasteiger partial charge < -0.3 is 4.90 Å². The number of nitrogens with one attached hydrogen (secondary N) is 1. The van der Waals surface area contributed by atoms with E-state index >= 15 is 0 Å². The quantitative estimate of drug-likeness (QED) is 0.564. The first-order valence-electron chi connectivity index (χ1n) is 7.58. The van der Waals surface area contributed by atoms with Gasteiger partial charge in [-0.25, -0.2) is 10.1 Å². The second kappa shape index (κ2) is 7.35. The van der Waals surface area contributed by atoms with Crippen LogP contribution in [-0.2, 0) is 0 Å². The van der Waals surface area contributed by atoms with Crippen molar-refractivity contribution in [3.8, 4) is 5.69 Å². The highest BCUT2D eigenvalue weighted by Gasteiger charge is 2.05. The molecule has 0 bridgehead atoms. The Morgan fingerprint density at radius 1 is 1.12 bits per heavy atom. The van der Waals surface area contributed by atoms with Gasteiger partial charge in [-0.15, -0.1) is 5.10 Å². The van der Waals surface area contributed by atoms with Gasteiger partial charge in [0.05, 0.1) is 11.9 Å². The number of rotatable bonds is 5. The standard InChI is InChI=1S/C17H17N7O/c1-23(2)15-7-3-13(4-8-15)11-18-20-17(25)14-5-9-16(10-6-14)24-12-19-21-22-24/h3-12H,1-2H3,(H,20,25)/b18-11-. The molecule has 3 rings (SSSR count). The molecule has 1 aromatic heterocycles. The topological polar surface area (TPSA) is 88.3 Å². The summed E-state index contributed by atoms with van der Waals surface area (Å²) in [6.45, 7) is 0. The molecule has 1 N–H and O–H groups in total. The summed E-state index contributed by atoms with van der Waals surface area (Å²) in [7, 11) is 3.96. The average molecular weight is 335 g/mol. The van der Waals surface area contributed by atoms with Crippen LogP contribution in [-0.4, -0.2) is 46.4 Å². The number of hydrogen-bond donors (Lipinski definition) is 1. The highest BCUT2D eigenvalue weighted by Crippen LogP contribution is 2.11. The van der Waals surface area contributed by atoms with E-state index in [0.29, 0.717) is 5.56 Å². The lowest BCUT2D eigenvalue weighted by Crippen LogP contribution is -2.17. The monoisotopic (exact) mass is 335 g/mol. The Labute approximate surface area is 144 Å². The minimum atomic E-state index is -0.288. The summed E-state index contributed by atoms with van der Waals surface area (Å²) >= 11 is 0. The third-order valence-corrected chi connectivity index (χ3v) is 3.53. The molecule has 2 aromatic carbocycles. The van der Waals surface area contributed by atoms with Crippen LogP contribution in [0.5, 0.6) is 0 Å². The van der Waals surface area contributed by atoms with Gasteiger partial charge in [0.15, 0.2) is 0 Å². The number of hydrogen-bond acceptors (Lipinski definition) is 6. The van der Waals surface area contributed by atoms with Crippen LogP contribution in [0.25, 0.3) is 5.69 Å². The zero-order chi connectivity index (χ0) is 17.6. The highest BCUT2D eigenvalue weighted by atomic mass is 16.2. The zero-order valence-electron chi connectivity index (χ0n) is 13.9. The van der Waals surface area contributed by atoms with Gasteiger partial charge in [0.25, 0.3) is 5.91 Å². The molecule has 8 nitrogen and oxygen atoms in total. The Morgan fingerprint density at radius 3 is 2.44 bits per heavy atom. The number of amides is 1. The predicted molar refractivity (Wildman–Crippen MR) is 95.0 cm³/mol. The highest BCUT2D eigenvalue weighted by molar-refractivity contribution is 5.95. The van der Waals surface area contributed by atoms with Gasteiger partial charge in [-0.2, -0.15) is 5.10 Å². The summed E-state index contributed by atoms with van der Waals surface area (Å²) in [5, 5.41) is 14.9. The van der Waals surface area contributed by atoms with Crippen molar-refractivity contribution in [2.75, 3.05) is 19.0 Å². The maximum atomic E-state index is 12.1. The number of carbonyl (C=O) groups excluding carboxylic acids is 1. The first-order valence-corrected chi connectivity index (χ1v) is 7.58. The van der Waals surface area contributed by atoms with Gasteiger partial charge in [0.1, 0.15) is 6.33 Å². The number of anilines is 1. The fourth-order valence-electron chi connectivity index (χ4n) is 2.13. The molecule has 126 valence electrons. The average Bonchev–Trinajstić information content (AvgIpc) is 3.17. The van der Waals surface area contributed by atoms with E-state index in [0.717, 1.165) is 16.9 Å². The van der Waals surface area contributed by atoms with E-state index in [2.05, 4.69) is 26.1 Å². The first kappa shape index (κ1) is 16.3. The molecule has 0 aliphatic rings. The second-order valence-corrected chi connectivity index (χ2v) is 5.49. The van der Waals surface area contributed by atoms with Crippen molar-refractivity contribution >= 4 is 17.8 Å². The maximum Gasteiger partial charge on any atom is 0.271 e. The Morgan fingerprint density at radius 2 is 1.84 bits per heavy atom. The third-order valence-electron chi connectivity index (χ3n) is 3.53. The van der Waals surface area contributed by atoms with E-state index in [1.165, 1.54) is 11.0 Å². The Bertz CT molecular complexity index is 853. The number of nitrogens with zero attached hydrogens (tertiary/aromatic N) is 6. The molecule has 1 amide bonds. The lowest BCUT2D eigenvalue weighted by molar-refractivity contribution is 0.0955. The predicted octanol–water partition coefficient (Wildman–Crippen LogP) is 1.49. The van der Waals surface area contributed by atoms with Crippen LogP contribution >= 0.6 is 0 Å². The molecule has 0 fully saturated rings. The van der Waals surface area contributed by atoms with Crippen LogP contribution in [0.4, 0.5) is 5.69 Å². The van der Waals surface area contributed by atoms with Crippen molar-refractivity contribution < 1.29 is 4.79 Å². The van der Waals surface area contributed by atoms with Crippen molar-refractivity contribution in [3.63, 3.8) is 0 Å². The van der Waals surface area contributed by atoms with Crippen LogP contribution in [0.15, 0.2) is 60.0 Å². The summed E-state index contributed by atoms with van der Waals surface area (Å²) in [6, 6.07) is 14.7. The molecule has 0 aliphatic carbocycles. The van der Waals surface area contributed by atoms with Crippen molar-refractivity contribution in [1.29, 1.82) is 0 Å². The van der Waals surface area contributed by atoms with Gasteiger partial charge in [0.2, 0.25) is 0 Å². The van der Waals surface area contributed by atoms with Gasteiger partial charge in [-0.05, 0) is 52.4 Å². The maximum absolute atomic E-state index is 12.1. The molecule has 0 aliphatic heterocycles. The normalized spacial score (nSPS) is 10.8. The van der Waals surface area contributed by atoms with Crippen molar-refractivity contribution in [2.45, 2.75) is 0 Å². The lowest BCUT2D eigenvalue weighted by atomic mass is 10.2. The van der Waals surface area contributed by atoms with Crippen LogP contribution in [0.2, 0.25) is 0 Å². The molecule has 0 atom stereocenters. The van der Waals surface area contributed by atoms with Crippen molar-refractivity contribution in [2.24, 2.45) is 5.10 Å². The van der Waals surface area contributed by atoms with Crippen molar-refractivity contribution in [1.82, 2.24) is 25.6 Å². The van der Waals surface area contributed by atoms with E-state index < -0.39 is 0 Å². The van der Waals surface area contributed by atoms with Gasteiger partial charge >= 0.3 is 0 Å². The minimum absolute atomic E-state index is 0.288. The van der Waals surface area contributed by atoms with E-state index in [4.69, 9.17) is 0 Å². The van der Waals surface area contributed by atoms with E-state index in [-0.39, 0.29) is 5.91 Å². The first-order chi connectivity index (χ1) is 12.1. The number of aromatic nitrogens is 4.